The van der Waals surface area contributed by atoms with Crippen LogP contribution in [0.3, 0.4) is 0 Å². The Balaban J connectivity index is 1.79. The van der Waals surface area contributed by atoms with Gasteiger partial charge in [0.15, 0.2) is 0 Å². The van der Waals surface area contributed by atoms with Crippen LogP contribution in [0.5, 0.6) is 0 Å². The molecule has 0 spiro atoms. The summed E-state index contributed by atoms with van der Waals surface area (Å²) in [5.74, 6) is -0.419. The normalized spacial score (nSPS) is 18.5. The van der Waals surface area contributed by atoms with Gasteiger partial charge in [-0.3, -0.25) is 9.59 Å². The molecule has 0 aliphatic heterocycles. The summed E-state index contributed by atoms with van der Waals surface area (Å²) in [7, 11) is 1.72. The molecule has 0 radical (unpaired) electrons. The van der Waals surface area contributed by atoms with Gasteiger partial charge < -0.3 is 15.3 Å². The molecule has 2 aromatic carbocycles. The van der Waals surface area contributed by atoms with E-state index in [2.05, 4.69) is 5.32 Å². The highest BCUT2D eigenvalue weighted by Gasteiger charge is 2.32. The average Bonchev–Trinajstić information content (AvgIpc) is 2.96. The number of nitrogens with one attached hydrogen (secondary N) is 1. The maximum absolute atomic E-state index is 12.6. The summed E-state index contributed by atoms with van der Waals surface area (Å²) in [6.45, 7) is 2.49. The van der Waals surface area contributed by atoms with Gasteiger partial charge >= 0.3 is 0 Å². The van der Waals surface area contributed by atoms with Crippen molar-refractivity contribution in [2.45, 2.75) is 25.5 Å². The van der Waals surface area contributed by atoms with Gasteiger partial charge in [0.2, 0.25) is 0 Å². The second-order valence-electron chi connectivity index (χ2n) is 6.32. The van der Waals surface area contributed by atoms with Crippen LogP contribution in [0.2, 0.25) is 0 Å². The van der Waals surface area contributed by atoms with Crippen molar-refractivity contribution in [2.75, 3.05) is 13.6 Å². The van der Waals surface area contributed by atoms with Gasteiger partial charge in [-0.05, 0) is 36.2 Å². The smallest absolute Gasteiger partial charge is 0.253 e. The molecule has 0 saturated carbocycles. The van der Waals surface area contributed by atoms with E-state index in [9.17, 15) is 14.7 Å². The van der Waals surface area contributed by atoms with Gasteiger partial charge in [-0.15, -0.1) is 0 Å². The molecule has 130 valence electrons. The Morgan fingerprint density at radius 1 is 1.16 bits per heavy atom. The third-order valence-corrected chi connectivity index (χ3v) is 4.68. The lowest BCUT2D eigenvalue weighted by Crippen LogP contribution is -2.34. The summed E-state index contributed by atoms with van der Waals surface area (Å²) in [6, 6.07) is 13.9. The maximum Gasteiger partial charge on any atom is 0.253 e. The Labute approximate surface area is 147 Å². The summed E-state index contributed by atoms with van der Waals surface area (Å²) < 4.78 is 0. The highest BCUT2D eigenvalue weighted by atomic mass is 16.3. The second-order valence-corrected chi connectivity index (χ2v) is 6.32. The van der Waals surface area contributed by atoms with Crippen molar-refractivity contribution in [2.24, 2.45) is 0 Å². The zero-order valence-corrected chi connectivity index (χ0v) is 14.4. The number of aliphatic hydroxyl groups excluding tert-OH is 1. The molecule has 0 saturated heterocycles. The van der Waals surface area contributed by atoms with Crippen molar-refractivity contribution in [1.82, 2.24) is 10.2 Å². The van der Waals surface area contributed by atoms with Crippen LogP contribution in [0.1, 0.15) is 44.8 Å². The van der Waals surface area contributed by atoms with Gasteiger partial charge in [0.05, 0.1) is 12.1 Å². The molecule has 5 nitrogen and oxygen atoms in total. The molecule has 1 aliphatic carbocycles. The van der Waals surface area contributed by atoms with Gasteiger partial charge in [0.25, 0.3) is 11.8 Å². The first kappa shape index (κ1) is 17.2. The average molecular weight is 338 g/mol. The molecule has 2 aromatic rings. The van der Waals surface area contributed by atoms with E-state index < -0.39 is 12.1 Å². The summed E-state index contributed by atoms with van der Waals surface area (Å²) >= 11 is 0. The number of nitrogens with zero attached hydrogens (tertiary/aromatic N) is 1. The summed E-state index contributed by atoms with van der Waals surface area (Å²) in [5, 5.41) is 13.2. The van der Waals surface area contributed by atoms with E-state index in [0.29, 0.717) is 24.1 Å². The molecular weight excluding hydrogens is 316 g/mol. The Bertz CT molecular complexity index is 803. The van der Waals surface area contributed by atoms with Gasteiger partial charge in [-0.25, -0.2) is 0 Å². The molecule has 0 bridgehead atoms. The van der Waals surface area contributed by atoms with Crippen molar-refractivity contribution < 1.29 is 14.7 Å². The van der Waals surface area contributed by atoms with Crippen molar-refractivity contribution in [1.29, 1.82) is 0 Å². The highest BCUT2D eigenvalue weighted by Crippen LogP contribution is 2.31. The molecule has 2 atom stereocenters. The fourth-order valence-electron chi connectivity index (χ4n) is 3.13. The van der Waals surface area contributed by atoms with Crippen molar-refractivity contribution >= 4 is 11.8 Å². The predicted octanol–water partition coefficient (Wildman–Crippen LogP) is 2.17. The van der Waals surface area contributed by atoms with E-state index >= 15 is 0 Å². The van der Waals surface area contributed by atoms with Crippen LogP contribution in [-0.4, -0.2) is 41.5 Å². The molecule has 3 rings (SSSR count). The summed E-state index contributed by atoms with van der Waals surface area (Å²) in [5.41, 5.74) is 2.88. The zero-order chi connectivity index (χ0) is 18.0. The Kier molecular flexibility index (Phi) is 4.86. The molecule has 2 amide bonds. The lowest BCUT2D eigenvalue weighted by Gasteiger charge is -2.19. The van der Waals surface area contributed by atoms with Gasteiger partial charge in [-0.2, -0.15) is 0 Å². The van der Waals surface area contributed by atoms with Crippen molar-refractivity contribution in [3.05, 3.63) is 70.8 Å². The minimum Gasteiger partial charge on any atom is -0.390 e. The summed E-state index contributed by atoms with van der Waals surface area (Å²) in [6.07, 6.45) is -0.113. The molecular formula is C20H22N2O3. The third kappa shape index (κ3) is 3.42. The van der Waals surface area contributed by atoms with Crippen LogP contribution < -0.4 is 5.32 Å². The van der Waals surface area contributed by atoms with Crippen molar-refractivity contribution in [3.8, 4) is 0 Å². The minimum absolute atomic E-state index is 0.122. The standard InChI is InChI=1S/C20H22N2O3/c1-3-22(2)20(25)15-9-6-8-14(11-15)19(24)21-18-16-10-5-4-7-13(16)12-17(18)23/h4-11,17-18,23H,3,12H2,1-2H3,(H,21,24). The number of fused-ring (bicyclic) bond motifs is 1. The fourth-order valence-corrected chi connectivity index (χ4v) is 3.13. The predicted molar refractivity (Wildman–Crippen MR) is 95.4 cm³/mol. The Morgan fingerprint density at radius 3 is 2.64 bits per heavy atom. The van der Waals surface area contributed by atoms with Crippen LogP contribution in [0.25, 0.3) is 0 Å². The molecule has 2 unspecified atom stereocenters. The van der Waals surface area contributed by atoms with E-state index in [1.807, 2.05) is 31.2 Å². The number of hydrogen-bond donors (Lipinski definition) is 2. The SMILES string of the molecule is CCN(C)C(=O)c1cccc(C(=O)NC2c3ccccc3CC2O)c1. The topological polar surface area (TPSA) is 69.6 Å². The number of carbonyl (C=O) groups is 2. The molecule has 0 aromatic heterocycles. The lowest BCUT2D eigenvalue weighted by atomic mass is 10.1. The molecule has 25 heavy (non-hydrogen) atoms. The van der Waals surface area contributed by atoms with Crippen molar-refractivity contribution in [3.63, 3.8) is 0 Å². The number of amides is 2. The summed E-state index contributed by atoms with van der Waals surface area (Å²) in [4.78, 5) is 26.5. The lowest BCUT2D eigenvalue weighted by molar-refractivity contribution is 0.0802. The van der Waals surface area contributed by atoms with E-state index in [0.717, 1.165) is 11.1 Å². The minimum atomic E-state index is -0.641. The van der Waals surface area contributed by atoms with Crippen LogP contribution in [-0.2, 0) is 6.42 Å². The molecule has 0 heterocycles. The second kappa shape index (κ2) is 7.07. The zero-order valence-electron chi connectivity index (χ0n) is 14.4. The first-order valence-corrected chi connectivity index (χ1v) is 8.43. The molecule has 0 fully saturated rings. The largest absolute Gasteiger partial charge is 0.390 e. The van der Waals surface area contributed by atoms with Crippen LogP contribution >= 0.6 is 0 Å². The first-order chi connectivity index (χ1) is 12.0. The highest BCUT2D eigenvalue weighted by molar-refractivity contribution is 5.99. The van der Waals surface area contributed by atoms with E-state index in [1.54, 1.807) is 36.2 Å². The maximum atomic E-state index is 12.6. The number of rotatable bonds is 4. The Hall–Kier alpha value is -2.66. The number of benzene rings is 2. The van der Waals surface area contributed by atoms with Gasteiger partial charge in [0.1, 0.15) is 0 Å². The number of aliphatic hydroxyl groups is 1. The van der Waals surface area contributed by atoms with E-state index in [-0.39, 0.29) is 11.8 Å². The van der Waals surface area contributed by atoms with E-state index in [4.69, 9.17) is 0 Å². The fraction of sp³-hybridized carbons (Fsp3) is 0.300. The Morgan fingerprint density at radius 2 is 1.88 bits per heavy atom. The van der Waals surface area contributed by atoms with Crippen LogP contribution in [0, 0.1) is 0 Å². The monoisotopic (exact) mass is 338 g/mol. The number of carbonyl (C=O) groups excluding carboxylic acids is 2. The first-order valence-electron chi connectivity index (χ1n) is 8.43. The molecule has 2 N–H and O–H groups in total. The molecule has 5 heteroatoms. The third-order valence-electron chi connectivity index (χ3n) is 4.68. The van der Waals surface area contributed by atoms with Gasteiger partial charge in [0, 0.05) is 31.1 Å². The van der Waals surface area contributed by atoms with Crippen LogP contribution in [0.15, 0.2) is 48.5 Å². The van der Waals surface area contributed by atoms with Crippen LogP contribution in [0.4, 0.5) is 0 Å². The van der Waals surface area contributed by atoms with Gasteiger partial charge in [-0.1, -0.05) is 30.3 Å². The number of hydrogen-bond acceptors (Lipinski definition) is 3. The van der Waals surface area contributed by atoms with E-state index in [1.165, 1.54) is 0 Å². The molecule has 1 aliphatic rings. The quantitative estimate of drug-likeness (QED) is 0.898.